The van der Waals surface area contributed by atoms with E-state index in [-0.39, 0.29) is 12.3 Å². The summed E-state index contributed by atoms with van der Waals surface area (Å²) in [6, 6.07) is -1.15. The lowest BCUT2D eigenvalue weighted by Crippen LogP contribution is -2.65. The molecule has 10 nitrogen and oxygen atoms in total. The minimum atomic E-state index is -1.48. The van der Waals surface area contributed by atoms with Crippen LogP contribution < -0.4 is 5.32 Å². The third-order valence-corrected chi connectivity index (χ3v) is 21.8. The van der Waals surface area contributed by atoms with Gasteiger partial charge in [0.15, 0.2) is 6.29 Å². The standard InChI is InChI=1S/C56H99NO9/c1-36(38-26-31-53(4)39(38)27-32-55(6)44(53)24-25-45-54(5)30-17-29-52(2,3)43(54)28-33-56(45,55)7)22-23-40(59)48(62)41(60)35-65-51-47(50(64)49(63)42(34-58)66-51)57-46(61)21-16-11-9-8-10-13-18-37-19-14-12-15-20-37/h36-45,47-51,58-60,62-64H,8-35H2,1-7H3,(H,57,61)/t36-,38?,39?,40+,41-,42+,43?,44?,45?,47+,48+,49+,50+,51+,53-,54-,55+,56+/m0/s1. The lowest BCUT2D eigenvalue weighted by atomic mass is 9.32. The van der Waals surface area contributed by atoms with Crippen LogP contribution in [0.1, 0.15) is 215 Å². The summed E-state index contributed by atoms with van der Waals surface area (Å²) in [5, 5.41) is 67.8. The van der Waals surface area contributed by atoms with Gasteiger partial charge in [-0.2, -0.15) is 0 Å². The molecule has 0 aromatic rings. The van der Waals surface area contributed by atoms with E-state index in [0.29, 0.717) is 57.7 Å². The molecule has 0 radical (unpaired) electrons. The molecule has 5 unspecified atom stereocenters. The zero-order valence-electron chi connectivity index (χ0n) is 42.9. The minimum absolute atomic E-state index is 0.253. The summed E-state index contributed by atoms with van der Waals surface area (Å²) in [6.07, 6.45) is 21.3. The average Bonchev–Trinajstić information content (AvgIpc) is 3.64. The molecule has 7 aliphatic rings. The van der Waals surface area contributed by atoms with E-state index in [1.807, 2.05) is 0 Å². The number of aliphatic hydroxyl groups is 6. The highest BCUT2D eigenvalue weighted by Crippen LogP contribution is 2.78. The number of carbonyl (C=O) groups excluding carboxylic acids is 1. The molecule has 0 aromatic carbocycles. The highest BCUT2D eigenvalue weighted by Gasteiger charge is 2.70. The van der Waals surface area contributed by atoms with E-state index in [2.05, 4.69) is 53.8 Å². The second kappa shape index (κ2) is 21.9. The van der Waals surface area contributed by atoms with Gasteiger partial charge in [-0.15, -0.1) is 0 Å². The highest BCUT2D eigenvalue weighted by molar-refractivity contribution is 5.76. The van der Waals surface area contributed by atoms with Crippen molar-refractivity contribution in [1.82, 2.24) is 5.32 Å². The molecule has 1 saturated heterocycles. The quantitative estimate of drug-likeness (QED) is 0.0588. The number of carbonyl (C=O) groups is 1. The summed E-state index contributed by atoms with van der Waals surface area (Å²) in [5.74, 6) is 4.61. The summed E-state index contributed by atoms with van der Waals surface area (Å²) in [5.41, 5.74) is 1.94. The van der Waals surface area contributed by atoms with E-state index >= 15 is 0 Å². The van der Waals surface area contributed by atoms with Crippen molar-refractivity contribution >= 4 is 5.91 Å². The van der Waals surface area contributed by atoms with Gasteiger partial charge in [0.2, 0.25) is 5.91 Å². The molecule has 0 spiro atoms. The number of aliphatic hydroxyl groups excluding tert-OH is 6. The van der Waals surface area contributed by atoms with Crippen LogP contribution in [0.4, 0.5) is 0 Å². The molecule has 1 aliphatic heterocycles. The Balaban J connectivity index is 0.861. The van der Waals surface area contributed by atoms with Gasteiger partial charge >= 0.3 is 0 Å². The number of ether oxygens (including phenoxy) is 2. The van der Waals surface area contributed by atoms with E-state index in [4.69, 9.17) is 9.47 Å². The number of rotatable bonds is 20. The van der Waals surface area contributed by atoms with Gasteiger partial charge in [0.1, 0.15) is 36.6 Å². The molecule has 7 N–H and O–H groups in total. The maximum Gasteiger partial charge on any atom is 0.220 e. The summed E-state index contributed by atoms with van der Waals surface area (Å²) < 4.78 is 11.7. The first-order valence-electron chi connectivity index (χ1n) is 27.9. The van der Waals surface area contributed by atoms with Crippen molar-refractivity contribution < 1.29 is 44.9 Å². The average molecular weight is 930 g/mol. The van der Waals surface area contributed by atoms with Gasteiger partial charge in [0, 0.05) is 6.42 Å². The van der Waals surface area contributed by atoms with Crippen LogP contribution in [-0.4, -0.2) is 98.7 Å². The Bertz CT molecular complexity index is 1560. The van der Waals surface area contributed by atoms with E-state index in [9.17, 15) is 35.4 Å². The van der Waals surface area contributed by atoms with Crippen LogP contribution in [0.25, 0.3) is 0 Å². The monoisotopic (exact) mass is 930 g/mol. The minimum Gasteiger partial charge on any atom is -0.394 e. The van der Waals surface area contributed by atoms with E-state index < -0.39 is 62.2 Å². The highest BCUT2D eigenvalue weighted by atomic mass is 16.7. The fraction of sp³-hybridized carbons (Fsp3) is 0.982. The van der Waals surface area contributed by atoms with Crippen molar-refractivity contribution in [3.8, 4) is 0 Å². The number of hydrogen-bond acceptors (Lipinski definition) is 9. The molecule has 18 atom stereocenters. The van der Waals surface area contributed by atoms with Gasteiger partial charge in [-0.25, -0.2) is 0 Å². The smallest absolute Gasteiger partial charge is 0.220 e. The first kappa shape index (κ1) is 53.0. The van der Waals surface area contributed by atoms with Gasteiger partial charge in [-0.05, 0) is 152 Å². The summed E-state index contributed by atoms with van der Waals surface area (Å²) >= 11 is 0. The van der Waals surface area contributed by atoms with E-state index in [1.165, 1.54) is 122 Å². The number of fused-ring (bicyclic) bond motifs is 7. The first-order chi connectivity index (χ1) is 31.3. The molecule has 382 valence electrons. The maximum atomic E-state index is 13.0. The Morgan fingerprint density at radius 1 is 0.682 bits per heavy atom. The Morgan fingerprint density at radius 2 is 1.33 bits per heavy atom. The first-order valence-corrected chi connectivity index (χ1v) is 27.9. The summed E-state index contributed by atoms with van der Waals surface area (Å²) in [4.78, 5) is 13.0. The Morgan fingerprint density at radius 3 is 2.03 bits per heavy atom. The zero-order valence-corrected chi connectivity index (χ0v) is 42.9. The topological polar surface area (TPSA) is 169 Å². The molecule has 1 amide bonds. The second-order valence-electron chi connectivity index (χ2n) is 25.8. The Kier molecular flexibility index (Phi) is 17.6. The molecule has 6 aliphatic carbocycles. The fourth-order valence-electron chi connectivity index (χ4n) is 17.9. The second-order valence-corrected chi connectivity index (χ2v) is 25.8. The molecule has 10 heteroatoms. The summed E-state index contributed by atoms with van der Waals surface area (Å²) in [7, 11) is 0. The molecule has 6 saturated carbocycles. The fourth-order valence-corrected chi connectivity index (χ4v) is 17.9. The number of hydrogen-bond donors (Lipinski definition) is 7. The molecule has 7 fully saturated rings. The number of unbranched alkanes of at least 4 members (excludes halogenated alkanes) is 5. The van der Waals surface area contributed by atoms with Crippen LogP contribution in [0.5, 0.6) is 0 Å². The van der Waals surface area contributed by atoms with Gasteiger partial charge in [-0.3, -0.25) is 4.79 Å². The van der Waals surface area contributed by atoms with Crippen LogP contribution in [-0.2, 0) is 14.3 Å². The molecular formula is C56H99NO9. The molecule has 66 heavy (non-hydrogen) atoms. The van der Waals surface area contributed by atoms with Crippen LogP contribution in [0.15, 0.2) is 0 Å². The van der Waals surface area contributed by atoms with Gasteiger partial charge < -0.3 is 45.4 Å². The maximum absolute atomic E-state index is 13.0. The predicted octanol–water partition coefficient (Wildman–Crippen LogP) is 9.62. The third kappa shape index (κ3) is 10.5. The molecule has 7 rings (SSSR count). The van der Waals surface area contributed by atoms with Crippen molar-refractivity contribution in [1.29, 1.82) is 0 Å². The molecule has 0 bridgehead atoms. The van der Waals surface area contributed by atoms with Crippen LogP contribution in [0.2, 0.25) is 0 Å². The third-order valence-electron chi connectivity index (χ3n) is 21.8. The van der Waals surface area contributed by atoms with E-state index in [1.54, 1.807) is 0 Å². The lowest BCUT2D eigenvalue weighted by molar-refractivity contribution is -0.277. The van der Waals surface area contributed by atoms with Crippen molar-refractivity contribution in [2.24, 2.45) is 68.5 Å². The van der Waals surface area contributed by atoms with Crippen molar-refractivity contribution in [2.75, 3.05) is 13.2 Å². The van der Waals surface area contributed by atoms with Gasteiger partial charge in [0.25, 0.3) is 0 Å². The van der Waals surface area contributed by atoms with Crippen molar-refractivity contribution in [2.45, 2.75) is 264 Å². The predicted molar refractivity (Wildman–Crippen MR) is 260 cm³/mol. The Hall–Kier alpha value is -0.850. The van der Waals surface area contributed by atoms with E-state index in [0.717, 1.165) is 49.4 Å². The van der Waals surface area contributed by atoms with Crippen molar-refractivity contribution in [3.05, 3.63) is 0 Å². The molecule has 0 aromatic heterocycles. The SMILES string of the molecule is C[C@@H](CC[C@@H](O)[C@@H](O)[C@@H](O)CO[C@@H]1O[C@H](CO)[C@@H](O)[C@H](O)[C@H]1NC(=O)CCCCCCCCC1CCCCC1)C1CC[C@@]2(C)C1CC[C@]1(C)C2CCC2[C@@]3(C)CCCC(C)(C)C3CC[C@]21C. The van der Waals surface area contributed by atoms with Gasteiger partial charge in [-0.1, -0.05) is 126 Å². The summed E-state index contributed by atoms with van der Waals surface area (Å²) in [6.45, 7) is 17.3. The number of nitrogens with one attached hydrogen (secondary N) is 1. The van der Waals surface area contributed by atoms with Crippen molar-refractivity contribution in [3.63, 3.8) is 0 Å². The van der Waals surface area contributed by atoms with Crippen LogP contribution >= 0.6 is 0 Å². The molecular weight excluding hydrogens is 831 g/mol. The largest absolute Gasteiger partial charge is 0.394 e. The van der Waals surface area contributed by atoms with Crippen LogP contribution in [0, 0.1) is 68.5 Å². The number of amides is 1. The zero-order chi connectivity index (χ0) is 47.7. The lowest BCUT2D eigenvalue weighted by Gasteiger charge is -2.73. The van der Waals surface area contributed by atoms with Crippen LogP contribution in [0.3, 0.4) is 0 Å². The normalized spacial score (nSPS) is 43.1. The Labute approximate surface area is 400 Å². The van der Waals surface area contributed by atoms with Gasteiger partial charge in [0.05, 0.1) is 19.3 Å². The molecule has 1 heterocycles.